The van der Waals surface area contributed by atoms with E-state index in [0.717, 1.165) is 63.2 Å². The molecule has 0 aliphatic carbocycles. The lowest BCUT2D eigenvalue weighted by molar-refractivity contribution is -0.146. The first-order valence-corrected chi connectivity index (χ1v) is 10.9. The molecule has 5 nitrogen and oxygen atoms in total. The Hall–Kier alpha value is -2.79. The summed E-state index contributed by atoms with van der Waals surface area (Å²) in [6.07, 6.45) is 4.72. The van der Waals surface area contributed by atoms with Gasteiger partial charge in [-0.1, -0.05) is 42.5 Å². The van der Waals surface area contributed by atoms with Crippen LogP contribution in [-0.4, -0.2) is 49.6 Å². The van der Waals surface area contributed by atoms with E-state index in [4.69, 9.17) is 4.74 Å². The van der Waals surface area contributed by atoms with Crippen LogP contribution in [0.4, 0.5) is 11.4 Å². The van der Waals surface area contributed by atoms with Crippen LogP contribution in [0.2, 0.25) is 0 Å². The zero-order chi connectivity index (χ0) is 20.8. The van der Waals surface area contributed by atoms with E-state index in [1.54, 1.807) is 0 Å². The quantitative estimate of drug-likeness (QED) is 0.584. The van der Waals surface area contributed by atoms with Crippen LogP contribution in [0.5, 0.6) is 0 Å². The standard InChI is InChI=1S/C25H31N3O2/c1-2-13-27-14-16-28(17-15-27)22-12-11-21-9-6-10-23(26-24(21)18-22)25(29)30-19-20-7-4-3-5-8-20/h2-5,7-8,11-12,18,23,26H,1,6,9-10,13-17,19H2. The Labute approximate surface area is 179 Å². The fraction of sp³-hybridized carbons (Fsp3) is 0.400. The zero-order valence-electron chi connectivity index (χ0n) is 17.6. The van der Waals surface area contributed by atoms with Gasteiger partial charge in [0.05, 0.1) is 0 Å². The van der Waals surface area contributed by atoms with Crippen molar-refractivity contribution in [2.24, 2.45) is 0 Å². The minimum atomic E-state index is -0.297. The van der Waals surface area contributed by atoms with E-state index >= 15 is 0 Å². The normalized spacial score (nSPS) is 19.3. The lowest BCUT2D eigenvalue weighted by atomic mass is 10.1. The molecule has 0 spiro atoms. The van der Waals surface area contributed by atoms with E-state index in [9.17, 15) is 4.79 Å². The first-order valence-electron chi connectivity index (χ1n) is 10.9. The van der Waals surface area contributed by atoms with Gasteiger partial charge in [0.25, 0.3) is 0 Å². The number of benzene rings is 2. The number of rotatable bonds is 6. The maximum atomic E-state index is 12.7. The van der Waals surface area contributed by atoms with Crippen LogP contribution in [0, 0.1) is 0 Å². The summed E-state index contributed by atoms with van der Waals surface area (Å²) in [6, 6.07) is 16.2. The molecule has 1 atom stereocenters. The Morgan fingerprint density at radius 3 is 2.70 bits per heavy atom. The topological polar surface area (TPSA) is 44.8 Å². The third kappa shape index (κ3) is 5.03. The molecule has 0 radical (unpaired) electrons. The fourth-order valence-corrected chi connectivity index (χ4v) is 4.25. The van der Waals surface area contributed by atoms with Gasteiger partial charge < -0.3 is 15.0 Å². The zero-order valence-corrected chi connectivity index (χ0v) is 17.6. The molecular weight excluding hydrogens is 374 g/mol. The number of aryl methyl sites for hydroxylation is 1. The van der Waals surface area contributed by atoms with Crippen molar-refractivity contribution in [1.29, 1.82) is 0 Å². The summed E-state index contributed by atoms with van der Waals surface area (Å²) in [5.41, 5.74) is 4.58. The molecule has 0 bridgehead atoms. The van der Waals surface area contributed by atoms with Gasteiger partial charge in [0, 0.05) is 44.1 Å². The van der Waals surface area contributed by atoms with Gasteiger partial charge in [-0.05, 0) is 42.5 Å². The Bertz CT molecular complexity index is 860. The average molecular weight is 406 g/mol. The molecule has 158 valence electrons. The van der Waals surface area contributed by atoms with Crippen LogP contribution in [0.25, 0.3) is 0 Å². The number of nitrogens with one attached hydrogen (secondary N) is 1. The Balaban J connectivity index is 1.40. The summed E-state index contributed by atoms with van der Waals surface area (Å²) in [5, 5.41) is 3.48. The lowest BCUT2D eigenvalue weighted by Crippen LogP contribution is -2.46. The van der Waals surface area contributed by atoms with Crippen molar-refractivity contribution in [2.75, 3.05) is 42.9 Å². The van der Waals surface area contributed by atoms with E-state index in [0.29, 0.717) is 6.61 Å². The van der Waals surface area contributed by atoms with Crippen molar-refractivity contribution >= 4 is 17.3 Å². The van der Waals surface area contributed by atoms with Crippen LogP contribution in [-0.2, 0) is 22.6 Å². The molecule has 2 heterocycles. The highest BCUT2D eigenvalue weighted by molar-refractivity contribution is 5.80. The first kappa shape index (κ1) is 20.5. The molecular formula is C25H31N3O2. The number of nitrogens with zero attached hydrogens (tertiary/aromatic N) is 2. The maximum Gasteiger partial charge on any atom is 0.328 e. The number of carbonyl (C=O) groups excluding carboxylic acids is 1. The van der Waals surface area contributed by atoms with Gasteiger partial charge in [0.1, 0.15) is 12.6 Å². The van der Waals surface area contributed by atoms with Crippen molar-refractivity contribution < 1.29 is 9.53 Å². The molecule has 2 aromatic carbocycles. The van der Waals surface area contributed by atoms with E-state index in [1.807, 2.05) is 36.4 Å². The average Bonchev–Trinajstić information content (AvgIpc) is 3.01. The monoisotopic (exact) mass is 405 g/mol. The molecule has 2 aliphatic rings. The molecule has 5 heteroatoms. The van der Waals surface area contributed by atoms with Gasteiger partial charge in [-0.2, -0.15) is 0 Å². The van der Waals surface area contributed by atoms with Gasteiger partial charge >= 0.3 is 5.97 Å². The minimum absolute atomic E-state index is 0.171. The number of esters is 1. The van der Waals surface area contributed by atoms with Gasteiger partial charge in [-0.25, -0.2) is 4.79 Å². The maximum absolute atomic E-state index is 12.7. The molecule has 1 fully saturated rings. The van der Waals surface area contributed by atoms with Gasteiger partial charge in [0.2, 0.25) is 0 Å². The van der Waals surface area contributed by atoms with E-state index in [2.05, 4.69) is 39.9 Å². The summed E-state index contributed by atoms with van der Waals surface area (Å²) in [4.78, 5) is 17.6. The minimum Gasteiger partial charge on any atom is -0.459 e. The summed E-state index contributed by atoms with van der Waals surface area (Å²) < 4.78 is 5.59. The third-order valence-corrected chi connectivity index (χ3v) is 6.00. The predicted molar refractivity (Wildman–Crippen MR) is 122 cm³/mol. The summed E-state index contributed by atoms with van der Waals surface area (Å²) in [7, 11) is 0. The van der Waals surface area contributed by atoms with E-state index < -0.39 is 0 Å². The second kappa shape index (κ2) is 9.81. The lowest BCUT2D eigenvalue weighted by Gasteiger charge is -2.36. The molecule has 0 saturated carbocycles. The number of ether oxygens (including phenoxy) is 1. The predicted octanol–water partition coefficient (Wildman–Crippen LogP) is 3.85. The van der Waals surface area contributed by atoms with Crippen molar-refractivity contribution in [3.05, 3.63) is 72.3 Å². The number of fused-ring (bicyclic) bond motifs is 1. The molecule has 2 aliphatic heterocycles. The smallest absolute Gasteiger partial charge is 0.328 e. The molecule has 1 unspecified atom stereocenters. The van der Waals surface area contributed by atoms with E-state index in [1.165, 1.54) is 11.3 Å². The highest BCUT2D eigenvalue weighted by Gasteiger charge is 2.25. The third-order valence-electron chi connectivity index (χ3n) is 6.00. The SMILES string of the molecule is C=CCN1CCN(c2ccc3c(c2)NC(C(=O)OCc2ccccc2)CCC3)CC1. The Kier molecular flexibility index (Phi) is 6.70. The second-order valence-electron chi connectivity index (χ2n) is 8.10. The first-order chi connectivity index (χ1) is 14.7. The van der Waals surface area contributed by atoms with Crippen LogP contribution in [0.1, 0.15) is 24.0 Å². The van der Waals surface area contributed by atoms with Crippen molar-refractivity contribution in [2.45, 2.75) is 31.9 Å². The van der Waals surface area contributed by atoms with Crippen LogP contribution in [0.3, 0.4) is 0 Å². The second-order valence-corrected chi connectivity index (χ2v) is 8.10. The number of hydrogen-bond acceptors (Lipinski definition) is 5. The fourth-order valence-electron chi connectivity index (χ4n) is 4.25. The van der Waals surface area contributed by atoms with E-state index in [-0.39, 0.29) is 12.0 Å². The number of carbonyl (C=O) groups is 1. The van der Waals surface area contributed by atoms with Crippen molar-refractivity contribution in [3.8, 4) is 0 Å². The van der Waals surface area contributed by atoms with Crippen molar-refractivity contribution in [3.63, 3.8) is 0 Å². The van der Waals surface area contributed by atoms with Gasteiger partial charge in [-0.15, -0.1) is 6.58 Å². The highest BCUT2D eigenvalue weighted by Crippen LogP contribution is 2.30. The molecule has 0 amide bonds. The molecule has 1 saturated heterocycles. The number of anilines is 2. The molecule has 1 N–H and O–H groups in total. The largest absolute Gasteiger partial charge is 0.459 e. The summed E-state index contributed by atoms with van der Waals surface area (Å²) in [6.45, 7) is 9.22. The Morgan fingerprint density at radius 2 is 1.93 bits per heavy atom. The summed E-state index contributed by atoms with van der Waals surface area (Å²) >= 11 is 0. The Morgan fingerprint density at radius 1 is 1.13 bits per heavy atom. The summed E-state index contributed by atoms with van der Waals surface area (Å²) in [5.74, 6) is -0.171. The molecule has 2 aromatic rings. The number of piperazine rings is 1. The highest BCUT2D eigenvalue weighted by atomic mass is 16.5. The van der Waals surface area contributed by atoms with Gasteiger partial charge in [-0.3, -0.25) is 4.90 Å². The van der Waals surface area contributed by atoms with Crippen LogP contribution in [0.15, 0.2) is 61.2 Å². The van der Waals surface area contributed by atoms with Gasteiger partial charge in [0.15, 0.2) is 0 Å². The molecule has 30 heavy (non-hydrogen) atoms. The number of hydrogen-bond donors (Lipinski definition) is 1. The van der Waals surface area contributed by atoms with Crippen LogP contribution < -0.4 is 10.2 Å². The molecule has 0 aromatic heterocycles. The molecule has 4 rings (SSSR count). The van der Waals surface area contributed by atoms with Crippen LogP contribution >= 0.6 is 0 Å². The van der Waals surface area contributed by atoms with Crippen molar-refractivity contribution in [1.82, 2.24) is 4.90 Å².